The van der Waals surface area contributed by atoms with E-state index in [1.807, 2.05) is 20.8 Å². The van der Waals surface area contributed by atoms with Crippen molar-refractivity contribution in [1.82, 2.24) is 14.1 Å². The van der Waals surface area contributed by atoms with Gasteiger partial charge in [-0.2, -0.15) is 9.40 Å². The molecule has 1 saturated heterocycles. The van der Waals surface area contributed by atoms with Crippen LogP contribution < -0.4 is 4.74 Å². The first-order valence-electron chi connectivity index (χ1n) is 10.7. The van der Waals surface area contributed by atoms with E-state index in [-0.39, 0.29) is 47.6 Å². The molecule has 33 heavy (non-hydrogen) atoms. The molecule has 0 unspecified atom stereocenters. The summed E-state index contributed by atoms with van der Waals surface area (Å²) >= 11 is 0. The lowest BCUT2D eigenvalue weighted by molar-refractivity contribution is -0.136. The van der Waals surface area contributed by atoms with E-state index < -0.39 is 27.9 Å². The Bertz CT molecular complexity index is 1290. The third-order valence-electron chi connectivity index (χ3n) is 5.76. The van der Waals surface area contributed by atoms with Gasteiger partial charge < -0.3 is 9.84 Å². The summed E-state index contributed by atoms with van der Waals surface area (Å²) in [5.74, 6) is -1.17. The Morgan fingerprint density at radius 1 is 1.21 bits per heavy atom. The van der Waals surface area contributed by atoms with Gasteiger partial charge in [-0.15, -0.1) is 0 Å². The van der Waals surface area contributed by atoms with Crippen molar-refractivity contribution >= 4 is 26.9 Å². The minimum absolute atomic E-state index is 0.0250. The van der Waals surface area contributed by atoms with Gasteiger partial charge in [-0.1, -0.05) is 19.1 Å². The summed E-state index contributed by atoms with van der Waals surface area (Å²) in [4.78, 5) is 11.4. The summed E-state index contributed by atoms with van der Waals surface area (Å²) in [6.45, 7) is 6.00. The molecule has 1 aliphatic heterocycles. The van der Waals surface area contributed by atoms with Crippen LogP contribution in [0.3, 0.4) is 0 Å². The normalized spacial score (nSPS) is 19.4. The van der Waals surface area contributed by atoms with Crippen LogP contribution in [0.25, 0.3) is 10.9 Å². The smallest absolute Gasteiger partial charge is 0.309 e. The fourth-order valence-corrected chi connectivity index (χ4v) is 5.82. The largest absolute Gasteiger partial charge is 0.491 e. The number of fused-ring (bicyclic) bond motifs is 1. The predicted molar refractivity (Wildman–Crippen MR) is 120 cm³/mol. The summed E-state index contributed by atoms with van der Waals surface area (Å²) in [5.41, 5.74) is 0.450. The van der Waals surface area contributed by atoms with Crippen LogP contribution in [-0.4, -0.2) is 52.8 Å². The molecule has 176 valence electrons. The monoisotopic (exact) mass is 475 g/mol. The van der Waals surface area contributed by atoms with Crippen molar-refractivity contribution in [1.29, 1.82) is 0 Å². The van der Waals surface area contributed by atoms with E-state index in [2.05, 4.69) is 5.10 Å². The molecular formula is C23H26FN3O5S. The van der Waals surface area contributed by atoms with Gasteiger partial charge in [-0.3, -0.25) is 9.48 Å². The van der Waals surface area contributed by atoms with Crippen molar-refractivity contribution in [2.24, 2.45) is 5.92 Å². The number of aliphatic carboxylic acids is 1. The second-order valence-electron chi connectivity index (χ2n) is 8.60. The number of sulfonamides is 1. The highest BCUT2D eigenvalue weighted by molar-refractivity contribution is 7.89. The number of carboxylic acid groups (broad SMARTS) is 1. The molecule has 1 fully saturated rings. The second kappa shape index (κ2) is 8.75. The Labute approximate surface area is 191 Å². The van der Waals surface area contributed by atoms with E-state index in [1.54, 1.807) is 18.2 Å². The topological polar surface area (TPSA) is 102 Å². The first-order chi connectivity index (χ1) is 15.6. The number of aromatic nitrogens is 2. The molecule has 2 heterocycles. The lowest BCUT2D eigenvalue weighted by Crippen LogP contribution is -2.29. The minimum atomic E-state index is -3.78. The van der Waals surface area contributed by atoms with Crippen molar-refractivity contribution in [2.45, 2.75) is 44.2 Å². The minimum Gasteiger partial charge on any atom is -0.491 e. The summed E-state index contributed by atoms with van der Waals surface area (Å²) in [6.07, 6.45) is -0.371. The highest BCUT2D eigenvalue weighted by Gasteiger charge is 2.39. The molecule has 0 spiro atoms. The lowest BCUT2D eigenvalue weighted by Gasteiger charge is -2.18. The number of para-hydroxylation sites is 1. The third-order valence-corrected chi connectivity index (χ3v) is 7.61. The average Bonchev–Trinajstić information content (AvgIpc) is 3.29. The molecule has 1 N–H and O–H groups in total. The van der Waals surface area contributed by atoms with Gasteiger partial charge in [0.15, 0.2) is 0 Å². The molecule has 0 aliphatic carbocycles. The number of carboxylic acids is 1. The van der Waals surface area contributed by atoms with Gasteiger partial charge in [0.25, 0.3) is 0 Å². The van der Waals surface area contributed by atoms with Crippen molar-refractivity contribution in [3.05, 3.63) is 54.0 Å². The van der Waals surface area contributed by atoms with E-state index in [9.17, 15) is 22.7 Å². The van der Waals surface area contributed by atoms with Crippen LogP contribution in [0.5, 0.6) is 5.75 Å². The zero-order valence-electron chi connectivity index (χ0n) is 18.6. The van der Waals surface area contributed by atoms with E-state index >= 15 is 0 Å². The van der Waals surface area contributed by atoms with Gasteiger partial charge in [-0.25, -0.2) is 12.8 Å². The van der Waals surface area contributed by atoms with Crippen LogP contribution in [0.4, 0.5) is 4.39 Å². The molecule has 4 rings (SSSR count). The van der Waals surface area contributed by atoms with Crippen LogP contribution in [-0.2, 0) is 21.2 Å². The van der Waals surface area contributed by atoms with E-state index in [0.717, 1.165) is 0 Å². The summed E-state index contributed by atoms with van der Waals surface area (Å²) < 4.78 is 49.7. The zero-order valence-corrected chi connectivity index (χ0v) is 19.4. The second-order valence-corrected chi connectivity index (χ2v) is 10.5. The summed E-state index contributed by atoms with van der Waals surface area (Å²) in [7, 11) is -3.78. The van der Waals surface area contributed by atoms with Crippen LogP contribution in [0.15, 0.2) is 47.4 Å². The number of hydrogen-bond donors (Lipinski definition) is 1. The first-order valence-corrected chi connectivity index (χ1v) is 12.2. The Morgan fingerprint density at radius 3 is 2.55 bits per heavy atom. The van der Waals surface area contributed by atoms with Gasteiger partial charge in [-0.05, 0) is 50.1 Å². The van der Waals surface area contributed by atoms with Gasteiger partial charge in [0.1, 0.15) is 17.1 Å². The average molecular weight is 476 g/mol. The molecule has 0 bridgehead atoms. The maximum Gasteiger partial charge on any atom is 0.309 e. The molecular weight excluding hydrogens is 449 g/mol. The Balaban J connectivity index is 1.65. The number of carbonyl (C=O) groups is 1. The molecule has 0 amide bonds. The van der Waals surface area contributed by atoms with Crippen molar-refractivity contribution < 1.29 is 27.4 Å². The van der Waals surface area contributed by atoms with Gasteiger partial charge in [0.2, 0.25) is 10.0 Å². The molecule has 2 atom stereocenters. The number of nitrogens with zero attached hydrogens (tertiary/aromatic N) is 3. The Kier molecular flexibility index (Phi) is 6.15. The standard InChI is InChI=1S/C23H26FN3O5S/c1-14(2)32-16-7-9-17(10-8-16)33(30,31)26-12-15(3)21(13-26)27-23-18(5-4-6-19(23)24)20(25-27)11-22(28)29/h4-10,14-15,21H,11-13H2,1-3H3,(H,28,29)/t15-,21+/m1/s1. The van der Waals surface area contributed by atoms with Crippen molar-refractivity contribution in [2.75, 3.05) is 13.1 Å². The quantitative estimate of drug-likeness (QED) is 0.562. The molecule has 0 radical (unpaired) electrons. The Hall–Kier alpha value is -2.98. The fraction of sp³-hybridized carbons (Fsp3) is 0.391. The summed E-state index contributed by atoms with van der Waals surface area (Å²) in [6, 6.07) is 10.3. The number of ether oxygens (including phenoxy) is 1. The number of hydrogen-bond acceptors (Lipinski definition) is 5. The number of rotatable bonds is 7. The highest BCUT2D eigenvalue weighted by Crippen LogP contribution is 2.35. The molecule has 10 heteroatoms. The first kappa shape index (κ1) is 23.2. The van der Waals surface area contributed by atoms with Gasteiger partial charge in [0.05, 0.1) is 29.2 Å². The highest BCUT2D eigenvalue weighted by atomic mass is 32.2. The maximum absolute atomic E-state index is 14.8. The fourth-order valence-electron chi connectivity index (χ4n) is 4.26. The Morgan fingerprint density at radius 2 is 1.91 bits per heavy atom. The van der Waals surface area contributed by atoms with Gasteiger partial charge >= 0.3 is 5.97 Å². The van der Waals surface area contributed by atoms with Gasteiger partial charge in [0, 0.05) is 18.5 Å². The lowest BCUT2D eigenvalue weighted by atomic mass is 10.1. The SMILES string of the molecule is CC(C)Oc1ccc(S(=O)(=O)N2C[C@@H](C)[C@@H](n3nc(CC(=O)O)c4cccc(F)c43)C2)cc1. The third kappa shape index (κ3) is 4.45. The molecule has 3 aromatic rings. The van der Waals surface area contributed by atoms with Crippen LogP contribution in [0.2, 0.25) is 0 Å². The van der Waals surface area contributed by atoms with Crippen LogP contribution in [0.1, 0.15) is 32.5 Å². The molecule has 1 aromatic heterocycles. The predicted octanol–water partition coefficient (Wildman–Crippen LogP) is 3.47. The van der Waals surface area contributed by atoms with Crippen LogP contribution in [0, 0.1) is 11.7 Å². The number of halogens is 1. The van der Waals surface area contributed by atoms with Crippen LogP contribution >= 0.6 is 0 Å². The molecule has 1 aliphatic rings. The number of benzene rings is 2. The summed E-state index contributed by atoms with van der Waals surface area (Å²) in [5, 5.41) is 14.1. The van der Waals surface area contributed by atoms with Crippen molar-refractivity contribution in [3.8, 4) is 5.75 Å². The van der Waals surface area contributed by atoms with Crippen molar-refractivity contribution in [3.63, 3.8) is 0 Å². The van der Waals surface area contributed by atoms with E-state index in [1.165, 1.54) is 33.3 Å². The molecule has 8 nitrogen and oxygen atoms in total. The molecule has 0 saturated carbocycles. The maximum atomic E-state index is 14.8. The zero-order chi connectivity index (χ0) is 23.9. The van der Waals surface area contributed by atoms with E-state index in [0.29, 0.717) is 11.1 Å². The molecule has 2 aromatic carbocycles. The van der Waals surface area contributed by atoms with E-state index in [4.69, 9.17) is 4.74 Å².